The van der Waals surface area contributed by atoms with E-state index in [4.69, 9.17) is 9.15 Å². The van der Waals surface area contributed by atoms with Crippen LogP contribution in [0.1, 0.15) is 49.7 Å². The number of furan rings is 1. The highest BCUT2D eigenvalue weighted by atomic mass is 19.4. The van der Waals surface area contributed by atoms with Crippen LogP contribution < -0.4 is 0 Å². The molecule has 1 heterocycles. The third-order valence-electron chi connectivity index (χ3n) is 3.09. The first-order valence-electron chi connectivity index (χ1n) is 7.31. The molecule has 0 aliphatic carbocycles. The van der Waals surface area contributed by atoms with Crippen molar-refractivity contribution >= 4 is 22.7 Å². The predicted molar refractivity (Wildman–Crippen MR) is 80.6 cm³/mol. The summed E-state index contributed by atoms with van der Waals surface area (Å²) in [6.07, 6.45) is -4.73. The maximum Gasteiger partial charge on any atom is 0.416 e. The van der Waals surface area contributed by atoms with Gasteiger partial charge in [0.1, 0.15) is 11.2 Å². The fourth-order valence-corrected chi connectivity index (χ4v) is 2.09. The second kappa shape index (κ2) is 6.30. The molecule has 0 saturated carbocycles. The molecule has 2 aromatic rings. The molecule has 0 atom stereocenters. The number of rotatable bonds is 4. The number of Topliss-reactive ketones (excluding diaryl/α,β-unsaturated/α-hetero) is 1. The number of ether oxygens (including phenoxy) is 1. The van der Waals surface area contributed by atoms with Gasteiger partial charge in [0.15, 0.2) is 11.5 Å². The van der Waals surface area contributed by atoms with Crippen LogP contribution in [0.4, 0.5) is 13.2 Å². The van der Waals surface area contributed by atoms with Crippen molar-refractivity contribution in [3.63, 3.8) is 0 Å². The number of halogens is 3. The van der Waals surface area contributed by atoms with Gasteiger partial charge in [-0.15, -0.1) is 0 Å². The number of carbonyl (C=O) groups is 2. The summed E-state index contributed by atoms with van der Waals surface area (Å²) in [5.74, 6) is -1.06. The molecular formula is C17H17F3O4. The summed E-state index contributed by atoms with van der Waals surface area (Å²) >= 11 is 0. The van der Waals surface area contributed by atoms with Gasteiger partial charge in [0.05, 0.1) is 12.0 Å². The number of hydrogen-bond acceptors (Lipinski definition) is 4. The highest BCUT2D eigenvalue weighted by Crippen LogP contribution is 2.32. The Hall–Kier alpha value is -2.31. The third kappa shape index (κ3) is 4.59. The number of carbonyl (C=O) groups excluding carboxylic acids is 2. The zero-order chi connectivity index (χ0) is 18.1. The van der Waals surface area contributed by atoms with Crippen LogP contribution in [-0.4, -0.2) is 17.4 Å². The minimum Gasteiger partial charge on any atom is -0.460 e. The standard InChI is InChI=1S/C17H17F3O4/c1-16(2,3)24-15(22)7-5-12(21)14-9-10-8-11(17(18,19)20)4-6-13(10)23-14/h4,6,8-9H,5,7H2,1-3H3. The summed E-state index contributed by atoms with van der Waals surface area (Å²) in [5.41, 5.74) is -1.28. The van der Waals surface area contributed by atoms with Gasteiger partial charge in [0, 0.05) is 11.8 Å². The Morgan fingerprint density at radius 2 is 1.75 bits per heavy atom. The Labute approximate surface area is 136 Å². The largest absolute Gasteiger partial charge is 0.460 e. The molecule has 0 spiro atoms. The molecule has 130 valence electrons. The van der Waals surface area contributed by atoms with Crippen molar-refractivity contribution in [1.29, 1.82) is 0 Å². The zero-order valence-electron chi connectivity index (χ0n) is 13.5. The highest BCUT2D eigenvalue weighted by Gasteiger charge is 2.31. The molecule has 1 aromatic heterocycles. The van der Waals surface area contributed by atoms with Crippen molar-refractivity contribution in [2.75, 3.05) is 0 Å². The van der Waals surface area contributed by atoms with E-state index in [9.17, 15) is 22.8 Å². The van der Waals surface area contributed by atoms with Crippen LogP contribution in [0, 0.1) is 0 Å². The van der Waals surface area contributed by atoms with Gasteiger partial charge in [-0.3, -0.25) is 9.59 Å². The van der Waals surface area contributed by atoms with E-state index >= 15 is 0 Å². The second-order valence-electron chi connectivity index (χ2n) is 6.37. The van der Waals surface area contributed by atoms with E-state index in [1.54, 1.807) is 20.8 Å². The fraction of sp³-hybridized carbons (Fsp3) is 0.412. The summed E-state index contributed by atoms with van der Waals surface area (Å²) in [5, 5.41) is 0.186. The summed E-state index contributed by atoms with van der Waals surface area (Å²) in [4.78, 5) is 23.6. The lowest BCUT2D eigenvalue weighted by molar-refractivity contribution is -0.154. The first-order valence-corrected chi connectivity index (χ1v) is 7.31. The Kier molecular flexibility index (Phi) is 4.73. The number of ketones is 1. The minimum absolute atomic E-state index is 0.0760. The van der Waals surface area contributed by atoms with Gasteiger partial charge in [-0.05, 0) is 45.0 Å². The molecule has 0 aliphatic heterocycles. The molecule has 0 unspecified atom stereocenters. The number of esters is 1. The molecule has 2 rings (SSSR count). The van der Waals surface area contributed by atoms with Gasteiger partial charge in [-0.2, -0.15) is 13.2 Å². The normalized spacial score (nSPS) is 12.4. The average molecular weight is 342 g/mol. The van der Waals surface area contributed by atoms with Crippen LogP contribution >= 0.6 is 0 Å². The Bertz CT molecular complexity index is 766. The summed E-state index contributed by atoms with van der Waals surface area (Å²) in [7, 11) is 0. The molecule has 0 fully saturated rings. The highest BCUT2D eigenvalue weighted by molar-refractivity contribution is 5.98. The van der Waals surface area contributed by atoms with E-state index in [1.165, 1.54) is 12.1 Å². The molecule has 1 aromatic carbocycles. The van der Waals surface area contributed by atoms with E-state index in [0.717, 1.165) is 12.1 Å². The maximum absolute atomic E-state index is 12.7. The Morgan fingerprint density at radius 3 is 2.33 bits per heavy atom. The molecule has 0 aliphatic rings. The second-order valence-corrected chi connectivity index (χ2v) is 6.37. The number of alkyl halides is 3. The van der Waals surface area contributed by atoms with E-state index < -0.39 is 29.1 Å². The average Bonchev–Trinajstić information content (AvgIpc) is 2.84. The van der Waals surface area contributed by atoms with Gasteiger partial charge >= 0.3 is 12.1 Å². The van der Waals surface area contributed by atoms with E-state index in [-0.39, 0.29) is 29.6 Å². The number of benzene rings is 1. The van der Waals surface area contributed by atoms with Crippen LogP contribution in [0.3, 0.4) is 0 Å². The van der Waals surface area contributed by atoms with E-state index in [2.05, 4.69) is 0 Å². The lowest BCUT2D eigenvalue weighted by atomic mass is 10.1. The summed E-state index contributed by atoms with van der Waals surface area (Å²) < 4.78 is 48.4. The molecule has 0 saturated heterocycles. The van der Waals surface area contributed by atoms with Gasteiger partial charge in [-0.25, -0.2) is 0 Å². The SMILES string of the molecule is CC(C)(C)OC(=O)CCC(=O)c1cc2cc(C(F)(F)F)ccc2o1. The van der Waals surface area contributed by atoms with Crippen molar-refractivity contribution in [1.82, 2.24) is 0 Å². The molecule has 0 radical (unpaired) electrons. The quantitative estimate of drug-likeness (QED) is 0.594. The summed E-state index contributed by atoms with van der Waals surface area (Å²) in [6, 6.07) is 4.23. The van der Waals surface area contributed by atoms with Crippen LogP contribution in [0.15, 0.2) is 28.7 Å². The van der Waals surface area contributed by atoms with Crippen molar-refractivity contribution in [3.8, 4) is 0 Å². The predicted octanol–water partition coefficient (Wildman–Crippen LogP) is 4.76. The topological polar surface area (TPSA) is 56.5 Å². The van der Waals surface area contributed by atoms with Gasteiger partial charge in [-0.1, -0.05) is 0 Å². The van der Waals surface area contributed by atoms with Crippen molar-refractivity contribution < 1.29 is 31.9 Å². The molecular weight excluding hydrogens is 325 g/mol. The maximum atomic E-state index is 12.7. The third-order valence-corrected chi connectivity index (χ3v) is 3.09. The summed E-state index contributed by atoms with van der Waals surface area (Å²) in [6.45, 7) is 5.14. The number of fused-ring (bicyclic) bond motifs is 1. The molecule has 0 amide bonds. The molecule has 4 nitrogen and oxygen atoms in total. The van der Waals surface area contributed by atoms with Crippen molar-refractivity contribution in [3.05, 3.63) is 35.6 Å². The molecule has 0 bridgehead atoms. The van der Waals surface area contributed by atoms with Crippen LogP contribution in [0.25, 0.3) is 11.0 Å². The molecule has 0 N–H and O–H groups in total. The van der Waals surface area contributed by atoms with Crippen molar-refractivity contribution in [2.45, 2.75) is 45.4 Å². The lowest BCUT2D eigenvalue weighted by Crippen LogP contribution is -2.24. The first-order chi connectivity index (χ1) is 11.0. The van der Waals surface area contributed by atoms with E-state index in [0.29, 0.717) is 0 Å². The minimum atomic E-state index is -4.47. The van der Waals surface area contributed by atoms with Crippen molar-refractivity contribution in [2.24, 2.45) is 0 Å². The van der Waals surface area contributed by atoms with Crippen LogP contribution in [0.2, 0.25) is 0 Å². The Balaban J connectivity index is 2.09. The fourth-order valence-electron chi connectivity index (χ4n) is 2.09. The molecule has 7 heteroatoms. The number of hydrogen-bond donors (Lipinski definition) is 0. The zero-order valence-corrected chi connectivity index (χ0v) is 13.5. The molecule has 24 heavy (non-hydrogen) atoms. The first kappa shape index (κ1) is 18.0. The monoisotopic (exact) mass is 342 g/mol. The smallest absolute Gasteiger partial charge is 0.416 e. The van der Waals surface area contributed by atoms with Crippen LogP contribution in [-0.2, 0) is 15.7 Å². The van der Waals surface area contributed by atoms with E-state index in [1.807, 2.05) is 0 Å². The lowest BCUT2D eigenvalue weighted by Gasteiger charge is -2.19. The Morgan fingerprint density at radius 1 is 1.08 bits per heavy atom. The van der Waals surface area contributed by atoms with Gasteiger partial charge < -0.3 is 9.15 Å². The van der Waals surface area contributed by atoms with Gasteiger partial charge in [0.25, 0.3) is 0 Å². The van der Waals surface area contributed by atoms with Gasteiger partial charge in [0.2, 0.25) is 0 Å². The van der Waals surface area contributed by atoms with Crippen LogP contribution in [0.5, 0.6) is 0 Å².